The first-order valence-electron chi connectivity index (χ1n) is 11.9. The number of carbonyl (C=O) groups is 2. The van der Waals surface area contributed by atoms with Gasteiger partial charge in [-0.2, -0.15) is 9.58 Å². The Labute approximate surface area is 232 Å². The fourth-order valence-electron chi connectivity index (χ4n) is 3.22. The van der Waals surface area contributed by atoms with E-state index in [1.807, 2.05) is 0 Å². The lowest BCUT2D eigenvalue weighted by Gasteiger charge is -2.28. The molecule has 11 nitrogen and oxygen atoms in total. The molecule has 2 amide bonds. The van der Waals surface area contributed by atoms with Gasteiger partial charge in [-0.1, -0.05) is 6.07 Å². The Kier molecular flexibility index (Phi) is 9.01. The van der Waals surface area contributed by atoms with E-state index in [9.17, 15) is 14.0 Å². The van der Waals surface area contributed by atoms with Crippen molar-refractivity contribution in [1.82, 2.24) is 25.2 Å². The molecule has 0 atom stereocenters. The number of aromatic nitrogens is 5. The molecule has 1 aromatic carbocycles. The number of imide groups is 1. The van der Waals surface area contributed by atoms with E-state index in [2.05, 4.69) is 36.4 Å². The van der Waals surface area contributed by atoms with Crippen molar-refractivity contribution in [2.24, 2.45) is 0 Å². The highest BCUT2D eigenvalue weighted by Gasteiger charge is 2.36. The first kappa shape index (κ1) is 30.0. The van der Waals surface area contributed by atoms with Crippen molar-refractivity contribution in [2.75, 3.05) is 11.5 Å². The van der Waals surface area contributed by atoms with E-state index in [0.717, 1.165) is 4.68 Å². The summed E-state index contributed by atoms with van der Waals surface area (Å²) in [6.07, 6.45) is -0.828. The monoisotopic (exact) mass is 610 g/mol. The summed E-state index contributed by atoms with van der Waals surface area (Å²) < 4.78 is 47.4. The molecule has 0 fully saturated rings. The summed E-state index contributed by atoms with van der Waals surface area (Å²) in [5.74, 6) is -2.75. The van der Waals surface area contributed by atoms with Crippen LogP contribution in [0.3, 0.4) is 0 Å². The zero-order valence-electron chi connectivity index (χ0n) is 22.6. The van der Waals surface area contributed by atoms with Gasteiger partial charge in [-0.3, -0.25) is 0 Å². The van der Waals surface area contributed by atoms with Crippen LogP contribution in [0.1, 0.15) is 54.0 Å². The minimum Gasteiger partial charge on any atom is -0.443 e. The average Bonchev–Trinajstić information content (AvgIpc) is 3.28. The summed E-state index contributed by atoms with van der Waals surface area (Å²) in [6, 6.07) is 4.10. The van der Waals surface area contributed by atoms with Crippen LogP contribution in [0.4, 0.5) is 24.2 Å². The van der Waals surface area contributed by atoms with Gasteiger partial charge in [-0.25, -0.2) is 23.4 Å². The SMILES string of the molecule is CCOCc1ccc(-n2nnnc2-c2cc(Br)cnc2N(C(=O)OC(C)(C)C)C(=O)OC(C)(C)C)c(F)c1F. The van der Waals surface area contributed by atoms with Gasteiger partial charge in [0.15, 0.2) is 23.3 Å². The van der Waals surface area contributed by atoms with Crippen LogP contribution in [0.2, 0.25) is 0 Å². The van der Waals surface area contributed by atoms with Gasteiger partial charge in [0.05, 0.1) is 12.2 Å². The number of amides is 2. The Morgan fingerprint density at radius 3 is 2.21 bits per heavy atom. The number of hydrogen-bond acceptors (Lipinski definition) is 9. The van der Waals surface area contributed by atoms with Gasteiger partial charge >= 0.3 is 12.2 Å². The van der Waals surface area contributed by atoms with Crippen LogP contribution >= 0.6 is 15.9 Å². The second-order valence-corrected chi connectivity index (χ2v) is 11.2. The topological polar surface area (TPSA) is 122 Å². The molecule has 0 spiro atoms. The molecule has 3 aromatic rings. The molecule has 0 bridgehead atoms. The van der Waals surface area contributed by atoms with Crippen molar-refractivity contribution in [3.8, 4) is 17.1 Å². The highest BCUT2D eigenvalue weighted by Crippen LogP contribution is 2.34. The van der Waals surface area contributed by atoms with Gasteiger partial charge in [0.1, 0.15) is 16.9 Å². The highest BCUT2D eigenvalue weighted by atomic mass is 79.9. The Bertz CT molecular complexity index is 1340. The van der Waals surface area contributed by atoms with Crippen molar-refractivity contribution in [3.63, 3.8) is 0 Å². The number of benzene rings is 1. The van der Waals surface area contributed by atoms with E-state index in [4.69, 9.17) is 14.2 Å². The minimum absolute atomic E-state index is 0.0126. The Morgan fingerprint density at radius 2 is 1.64 bits per heavy atom. The molecule has 3 rings (SSSR count). The molecule has 0 aliphatic carbocycles. The van der Waals surface area contributed by atoms with Gasteiger partial charge in [-0.15, -0.1) is 5.10 Å². The van der Waals surface area contributed by atoms with Gasteiger partial charge in [0.25, 0.3) is 0 Å². The number of ether oxygens (including phenoxy) is 3. The summed E-state index contributed by atoms with van der Waals surface area (Å²) in [5, 5.41) is 11.4. The molecule has 2 heterocycles. The zero-order valence-corrected chi connectivity index (χ0v) is 24.2. The number of carbonyl (C=O) groups excluding carboxylic acids is 2. The Morgan fingerprint density at radius 1 is 1.03 bits per heavy atom. The number of tetrazole rings is 1. The van der Waals surface area contributed by atoms with Crippen LogP contribution in [0.25, 0.3) is 17.1 Å². The van der Waals surface area contributed by atoms with Gasteiger partial charge in [0.2, 0.25) is 0 Å². The Balaban J connectivity index is 2.20. The number of anilines is 1. The average molecular weight is 611 g/mol. The third kappa shape index (κ3) is 7.32. The lowest BCUT2D eigenvalue weighted by molar-refractivity contribution is 0.0429. The normalized spacial score (nSPS) is 11.8. The summed E-state index contributed by atoms with van der Waals surface area (Å²) in [6.45, 7) is 11.7. The van der Waals surface area contributed by atoms with Crippen molar-refractivity contribution in [2.45, 2.75) is 66.3 Å². The third-order valence-corrected chi connectivity index (χ3v) is 5.17. The van der Waals surface area contributed by atoms with E-state index in [1.54, 1.807) is 48.5 Å². The quantitative estimate of drug-likeness (QED) is 0.332. The molecular weight excluding hydrogens is 582 g/mol. The second-order valence-electron chi connectivity index (χ2n) is 10.2. The predicted molar refractivity (Wildman–Crippen MR) is 140 cm³/mol. The third-order valence-electron chi connectivity index (χ3n) is 4.74. The lowest BCUT2D eigenvalue weighted by Crippen LogP contribution is -2.44. The largest absolute Gasteiger partial charge is 0.443 e. The van der Waals surface area contributed by atoms with Crippen LogP contribution in [0, 0.1) is 11.6 Å². The maximum absolute atomic E-state index is 15.2. The van der Waals surface area contributed by atoms with Crippen LogP contribution < -0.4 is 4.90 Å². The first-order chi connectivity index (χ1) is 18.1. The molecule has 210 valence electrons. The maximum Gasteiger partial charge on any atom is 0.425 e. The van der Waals surface area contributed by atoms with Gasteiger partial charge in [0, 0.05) is 22.8 Å². The molecular formula is C25H29BrF2N6O5. The molecule has 0 N–H and O–H groups in total. The number of rotatable bonds is 6. The van der Waals surface area contributed by atoms with Crippen LogP contribution in [0.15, 0.2) is 28.9 Å². The molecule has 2 aromatic heterocycles. The zero-order chi connectivity index (χ0) is 29.1. The maximum atomic E-state index is 15.2. The number of halogens is 3. The van der Waals surface area contributed by atoms with Crippen LogP contribution in [-0.4, -0.2) is 55.2 Å². The summed E-state index contributed by atoms with van der Waals surface area (Å²) in [5.41, 5.74) is -2.24. The fraction of sp³-hybridized carbons (Fsp3) is 0.440. The van der Waals surface area contributed by atoms with Crippen molar-refractivity contribution < 1.29 is 32.6 Å². The molecule has 14 heteroatoms. The van der Waals surface area contributed by atoms with Crippen molar-refractivity contribution >= 4 is 33.9 Å². The number of nitrogens with zero attached hydrogens (tertiary/aromatic N) is 6. The lowest BCUT2D eigenvalue weighted by atomic mass is 10.1. The standard InChI is InChI=1S/C25H29BrF2N6O5/c1-8-37-13-14-9-10-17(19(28)18(14)27)34-21(30-31-32-34)16-11-15(26)12-29-20(16)33(22(35)38-24(2,3)4)23(36)39-25(5,6)7/h9-12H,8,13H2,1-7H3. The van der Waals surface area contributed by atoms with Gasteiger partial charge < -0.3 is 14.2 Å². The molecule has 0 saturated heterocycles. The van der Waals surface area contributed by atoms with Crippen LogP contribution in [0.5, 0.6) is 0 Å². The smallest absolute Gasteiger partial charge is 0.425 e. The molecule has 0 aliphatic heterocycles. The molecule has 0 saturated carbocycles. The minimum atomic E-state index is -1.22. The predicted octanol–water partition coefficient (Wildman–Crippen LogP) is 5.98. The van der Waals surface area contributed by atoms with E-state index >= 15 is 4.39 Å². The van der Waals surface area contributed by atoms with E-state index in [-0.39, 0.29) is 35.1 Å². The Hall–Kier alpha value is -3.52. The number of hydrogen-bond donors (Lipinski definition) is 0. The van der Waals surface area contributed by atoms with Crippen molar-refractivity contribution in [1.29, 1.82) is 0 Å². The first-order valence-corrected chi connectivity index (χ1v) is 12.7. The summed E-state index contributed by atoms with van der Waals surface area (Å²) >= 11 is 3.30. The van der Waals surface area contributed by atoms with E-state index in [1.165, 1.54) is 24.4 Å². The summed E-state index contributed by atoms with van der Waals surface area (Å²) in [7, 11) is 0. The summed E-state index contributed by atoms with van der Waals surface area (Å²) in [4.78, 5) is 31.3. The highest BCUT2D eigenvalue weighted by molar-refractivity contribution is 9.10. The van der Waals surface area contributed by atoms with Crippen LogP contribution in [-0.2, 0) is 20.8 Å². The molecule has 39 heavy (non-hydrogen) atoms. The molecule has 0 unspecified atom stereocenters. The molecule has 0 aliphatic rings. The second kappa shape index (κ2) is 11.7. The fourth-order valence-corrected chi connectivity index (χ4v) is 3.55. The van der Waals surface area contributed by atoms with E-state index in [0.29, 0.717) is 16.0 Å². The number of pyridine rings is 1. The van der Waals surface area contributed by atoms with E-state index < -0.39 is 35.0 Å². The van der Waals surface area contributed by atoms with Crippen molar-refractivity contribution in [3.05, 3.63) is 46.1 Å². The molecule has 0 radical (unpaired) electrons. The van der Waals surface area contributed by atoms with Gasteiger partial charge in [-0.05, 0) is 87.0 Å².